The van der Waals surface area contributed by atoms with E-state index in [1.165, 1.54) is 15.7 Å². The van der Waals surface area contributed by atoms with Crippen molar-refractivity contribution in [2.45, 2.75) is 18.7 Å². The second-order valence-corrected chi connectivity index (χ2v) is 3.66. The van der Waals surface area contributed by atoms with Crippen molar-refractivity contribution >= 4 is 24.4 Å². The average molecular weight is 178 g/mol. The lowest BCUT2D eigenvalue weighted by atomic mass is 10.1. The predicted octanol–water partition coefficient (Wildman–Crippen LogP) is 1.93. The summed E-state index contributed by atoms with van der Waals surface area (Å²) < 4.78 is 0. The lowest BCUT2D eigenvalue weighted by molar-refractivity contribution is 1.28. The molecule has 12 heavy (non-hydrogen) atoms. The highest BCUT2D eigenvalue weighted by Gasteiger charge is 1.93. The van der Waals surface area contributed by atoms with E-state index in [-0.39, 0.29) is 0 Å². The fourth-order valence-corrected chi connectivity index (χ4v) is 1.83. The van der Waals surface area contributed by atoms with Crippen LogP contribution < -0.4 is 10.4 Å². The highest BCUT2D eigenvalue weighted by atomic mass is 32.2. The van der Waals surface area contributed by atoms with Crippen molar-refractivity contribution < 1.29 is 0 Å². The van der Waals surface area contributed by atoms with E-state index in [9.17, 15) is 0 Å². The van der Waals surface area contributed by atoms with Crippen LogP contribution in [0, 0.1) is 6.92 Å². The molecule has 0 bridgehead atoms. The van der Waals surface area contributed by atoms with E-state index in [0.717, 1.165) is 5.22 Å². The molecule has 1 heteroatoms. The molecule has 0 aliphatic carbocycles. The SMILES string of the molecule is C=c1cc(SC)/c(=C\C)cc1C. The molecule has 0 aromatic heterocycles. The van der Waals surface area contributed by atoms with Crippen molar-refractivity contribution in [1.82, 2.24) is 0 Å². The van der Waals surface area contributed by atoms with Crippen LogP contribution in [0.15, 0.2) is 17.0 Å². The summed E-state index contributed by atoms with van der Waals surface area (Å²) in [5, 5.41) is 2.44. The van der Waals surface area contributed by atoms with E-state index < -0.39 is 0 Å². The van der Waals surface area contributed by atoms with E-state index in [0.29, 0.717) is 0 Å². The maximum Gasteiger partial charge on any atom is 0.0144 e. The van der Waals surface area contributed by atoms with Gasteiger partial charge in [0, 0.05) is 4.90 Å². The lowest BCUT2D eigenvalue weighted by Gasteiger charge is -2.00. The summed E-state index contributed by atoms with van der Waals surface area (Å²) in [6, 6.07) is 4.34. The molecule has 0 heterocycles. The fourth-order valence-electron chi connectivity index (χ4n) is 1.15. The summed E-state index contributed by atoms with van der Waals surface area (Å²) in [4.78, 5) is 1.31. The molecule has 0 atom stereocenters. The third-order valence-electron chi connectivity index (χ3n) is 2.00. The Bertz CT molecular complexity index is 377. The van der Waals surface area contributed by atoms with Crippen molar-refractivity contribution in [3.63, 3.8) is 0 Å². The van der Waals surface area contributed by atoms with Crippen LogP contribution in [-0.4, -0.2) is 6.26 Å². The molecule has 64 valence electrons. The number of thioether (sulfide) groups is 1. The Balaban J connectivity index is 3.51. The van der Waals surface area contributed by atoms with Crippen molar-refractivity contribution in [2.75, 3.05) is 6.26 Å². The van der Waals surface area contributed by atoms with Gasteiger partial charge in [0.05, 0.1) is 0 Å². The molecule has 0 aliphatic heterocycles. The first-order valence-corrected chi connectivity index (χ1v) is 5.21. The predicted molar refractivity (Wildman–Crippen MR) is 57.9 cm³/mol. The standard InChI is InChI=1S/C11H14S/c1-5-10-6-8(2)9(3)7-11(10)12-4/h5-7H,3H2,1-2,4H3/b10-5-. The Hall–Kier alpha value is -0.690. The topological polar surface area (TPSA) is 0 Å². The maximum absolute atomic E-state index is 3.98. The molecule has 0 nitrogen and oxygen atoms in total. The van der Waals surface area contributed by atoms with E-state index in [4.69, 9.17) is 0 Å². The van der Waals surface area contributed by atoms with Crippen LogP contribution in [0.2, 0.25) is 0 Å². The second-order valence-electron chi connectivity index (χ2n) is 2.81. The van der Waals surface area contributed by atoms with Gasteiger partial charge in [0.15, 0.2) is 0 Å². The van der Waals surface area contributed by atoms with E-state index >= 15 is 0 Å². The minimum Gasteiger partial charge on any atom is -0.129 e. The van der Waals surface area contributed by atoms with E-state index in [2.05, 4.69) is 44.9 Å². The zero-order chi connectivity index (χ0) is 9.14. The molecule has 0 radical (unpaired) electrons. The molecule has 0 unspecified atom stereocenters. The summed E-state index contributed by atoms with van der Waals surface area (Å²) in [5.41, 5.74) is 1.26. The van der Waals surface area contributed by atoms with Gasteiger partial charge in [-0.15, -0.1) is 11.8 Å². The van der Waals surface area contributed by atoms with Gasteiger partial charge in [0.25, 0.3) is 0 Å². The largest absolute Gasteiger partial charge is 0.129 e. The minimum atomic E-state index is 1.13. The van der Waals surface area contributed by atoms with Gasteiger partial charge in [-0.3, -0.25) is 0 Å². The molecule has 1 rings (SSSR count). The smallest absolute Gasteiger partial charge is 0.0144 e. The zero-order valence-electron chi connectivity index (χ0n) is 7.85. The van der Waals surface area contributed by atoms with Gasteiger partial charge < -0.3 is 0 Å². The van der Waals surface area contributed by atoms with Crippen molar-refractivity contribution in [3.05, 3.63) is 28.1 Å². The Morgan fingerprint density at radius 3 is 2.58 bits per heavy atom. The lowest BCUT2D eigenvalue weighted by Crippen LogP contribution is -2.13. The minimum absolute atomic E-state index is 1.13. The first-order chi connectivity index (χ1) is 5.69. The van der Waals surface area contributed by atoms with Gasteiger partial charge in [-0.1, -0.05) is 18.7 Å². The highest BCUT2D eigenvalue weighted by Crippen LogP contribution is 2.06. The average Bonchev–Trinajstić information content (AvgIpc) is 2.09. The number of aryl methyl sites for hydroxylation is 1. The molecule has 0 N–H and O–H groups in total. The molecular formula is C11H14S. The summed E-state index contributed by atoms with van der Waals surface area (Å²) in [7, 11) is 0. The summed E-state index contributed by atoms with van der Waals surface area (Å²) in [6.07, 6.45) is 4.23. The van der Waals surface area contributed by atoms with Gasteiger partial charge in [0.2, 0.25) is 0 Å². The number of hydrogen-bond donors (Lipinski definition) is 0. The number of benzene rings is 1. The van der Waals surface area contributed by atoms with E-state index in [1.807, 2.05) is 0 Å². The van der Waals surface area contributed by atoms with Gasteiger partial charge in [0.1, 0.15) is 0 Å². The molecule has 0 saturated heterocycles. The highest BCUT2D eigenvalue weighted by molar-refractivity contribution is 7.98. The van der Waals surface area contributed by atoms with Crippen LogP contribution in [0.5, 0.6) is 0 Å². The molecule has 1 aromatic rings. The van der Waals surface area contributed by atoms with Crippen molar-refractivity contribution in [2.24, 2.45) is 0 Å². The Kier molecular flexibility index (Phi) is 2.99. The Morgan fingerprint density at radius 2 is 2.08 bits per heavy atom. The summed E-state index contributed by atoms with van der Waals surface area (Å²) >= 11 is 1.77. The third-order valence-corrected chi connectivity index (χ3v) is 2.79. The quantitative estimate of drug-likeness (QED) is 0.592. The van der Waals surface area contributed by atoms with Gasteiger partial charge >= 0.3 is 0 Å². The molecule has 0 saturated carbocycles. The third kappa shape index (κ3) is 1.72. The molecule has 0 amide bonds. The van der Waals surface area contributed by atoms with Gasteiger partial charge in [-0.2, -0.15) is 0 Å². The number of hydrogen-bond acceptors (Lipinski definition) is 1. The first-order valence-electron chi connectivity index (χ1n) is 3.99. The van der Waals surface area contributed by atoms with Crippen molar-refractivity contribution in [1.29, 1.82) is 0 Å². The van der Waals surface area contributed by atoms with Crippen LogP contribution in [0.1, 0.15) is 12.5 Å². The monoisotopic (exact) mass is 178 g/mol. The fraction of sp³-hybridized carbons (Fsp3) is 0.273. The first kappa shape index (κ1) is 9.40. The summed E-state index contributed by atoms with van der Waals surface area (Å²) in [5.74, 6) is 0. The Labute approximate surface area is 78.0 Å². The zero-order valence-corrected chi connectivity index (χ0v) is 8.66. The van der Waals surface area contributed by atoms with Crippen LogP contribution in [-0.2, 0) is 0 Å². The van der Waals surface area contributed by atoms with Gasteiger partial charge in [-0.25, -0.2) is 0 Å². The van der Waals surface area contributed by atoms with E-state index in [1.54, 1.807) is 11.8 Å². The molecular weight excluding hydrogens is 164 g/mol. The van der Waals surface area contributed by atoms with Crippen LogP contribution in [0.4, 0.5) is 0 Å². The summed E-state index contributed by atoms with van der Waals surface area (Å²) in [6.45, 7) is 8.14. The molecule has 0 fully saturated rings. The maximum atomic E-state index is 3.98. The number of rotatable bonds is 1. The van der Waals surface area contributed by atoms with Crippen LogP contribution in [0.3, 0.4) is 0 Å². The molecule has 1 aromatic carbocycles. The van der Waals surface area contributed by atoms with Crippen molar-refractivity contribution in [3.8, 4) is 0 Å². The Morgan fingerprint density at radius 1 is 1.42 bits per heavy atom. The van der Waals surface area contributed by atoms with Crippen LogP contribution >= 0.6 is 11.8 Å². The molecule has 0 aliphatic rings. The second kappa shape index (κ2) is 3.81. The molecule has 0 spiro atoms. The van der Waals surface area contributed by atoms with Gasteiger partial charge in [-0.05, 0) is 42.2 Å². The normalized spacial score (nSPS) is 12.1. The van der Waals surface area contributed by atoms with Crippen LogP contribution in [0.25, 0.3) is 12.7 Å².